The van der Waals surface area contributed by atoms with E-state index < -0.39 is 0 Å². The molecule has 4 rings (SSSR count). The lowest BCUT2D eigenvalue weighted by atomic mass is 10.1. The molecule has 1 amide bonds. The van der Waals surface area contributed by atoms with Gasteiger partial charge in [0, 0.05) is 25.9 Å². The van der Waals surface area contributed by atoms with Crippen LogP contribution in [0.15, 0.2) is 59.1 Å². The Hall–Kier alpha value is -3.35. The fourth-order valence-electron chi connectivity index (χ4n) is 3.82. The number of para-hydroxylation sites is 2. The summed E-state index contributed by atoms with van der Waals surface area (Å²) in [6.45, 7) is 2.25. The molecule has 0 bridgehead atoms. The Balaban J connectivity index is 1.22. The van der Waals surface area contributed by atoms with Crippen LogP contribution in [0.2, 0.25) is 0 Å². The number of aromatic nitrogens is 2. The normalized spacial score (nSPS) is 15.8. The average molecular weight is 421 g/mol. The Labute approximate surface area is 182 Å². The molecule has 31 heavy (non-hydrogen) atoms. The van der Waals surface area contributed by atoms with Gasteiger partial charge in [-0.25, -0.2) is 0 Å². The highest BCUT2D eigenvalue weighted by Gasteiger charge is 2.26. The number of likely N-dealkylation sites (tertiary alicyclic amines) is 1. The second-order valence-corrected chi connectivity index (χ2v) is 7.66. The van der Waals surface area contributed by atoms with Gasteiger partial charge in [0.2, 0.25) is 17.6 Å². The van der Waals surface area contributed by atoms with E-state index in [4.69, 9.17) is 14.0 Å². The Morgan fingerprint density at radius 2 is 1.97 bits per heavy atom. The molecule has 1 fully saturated rings. The largest absolute Gasteiger partial charge is 0.496 e. The van der Waals surface area contributed by atoms with Crippen molar-refractivity contribution in [3.8, 4) is 22.9 Å². The highest BCUT2D eigenvalue weighted by atomic mass is 16.5. The highest BCUT2D eigenvalue weighted by Crippen LogP contribution is 2.27. The van der Waals surface area contributed by atoms with Crippen molar-refractivity contribution in [2.45, 2.75) is 25.7 Å². The van der Waals surface area contributed by atoms with Gasteiger partial charge < -0.3 is 18.9 Å². The third kappa shape index (κ3) is 5.42. The van der Waals surface area contributed by atoms with Crippen LogP contribution in [0.25, 0.3) is 11.4 Å². The first-order valence-corrected chi connectivity index (χ1v) is 10.6. The van der Waals surface area contributed by atoms with Gasteiger partial charge in [0.25, 0.3) is 0 Å². The van der Waals surface area contributed by atoms with Gasteiger partial charge in [-0.05, 0) is 43.0 Å². The number of methoxy groups -OCH3 is 1. The monoisotopic (exact) mass is 421 g/mol. The molecule has 0 spiro atoms. The van der Waals surface area contributed by atoms with Gasteiger partial charge >= 0.3 is 0 Å². The zero-order valence-corrected chi connectivity index (χ0v) is 17.7. The number of hydrogen-bond acceptors (Lipinski definition) is 6. The van der Waals surface area contributed by atoms with Crippen molar-refractivity contribution in [2.24, 2.45) is 5.92 Å². The second-order valence-electron chi connectivity index (χ2n) is 7.66. The Morgan fingerprint density at radius 3 is 2.81 bits per heavy atom. The van der Waals surface area contributed by atoms with Crippen LogP contribution in [0.3, 0.4) is 0 Å². The maximum atomic E-state index is 12.6. The van der Waals surface area contributed by atoms with E-state index in [0.717, 1.165) is 37.2 Å². The number of carbonyl (C=O) groups is 1. The van der Waals surface area contributed by atoms with Crippen LogP contribution >= 0.6 is 0 Å². The van der Waals surface area contributed by atoms with Crippen LogP contribution in [0, 0.1) is 5.92 Å². The summed E-state index contributed by atoms with van der Waals surface area (Å²) in [6, 6.07) is 17.3. The summed E-state index contributed by atoms with van der Waals surface area (Å²) in [7, 11) is 1.61. The number of benzene rings is 2. The summed E-state index contributed by atoms with van der Waals surface area (Å²) < 4.78 is 16.5. The predicted octanol–water partition coefficient (Wildman–Crippen LogP) is 4.00. The van der Waals surface area contributed by atoms with Crippen molar-refractivity contribution in [3.05, 3.63) is 60.5 Å². The topological polar surface area (TPSA) is 77.7 Å². The van der Waals surface area contributed by atoms with E-state index in [-0.39, 0.29) is 5.91 Å². The minimum atomic E-state index is 0.128. The van der Waals surface area contributed by atoms with Gasteiger partial charge in [0.05, 0.1) is 19.3 Å². The Kier molecular flexibility index (Phi) is 6.82. The van der Waals surface area contributed by atoms with Gasteiger partial charge in [0.1, 0.15) is 11.5 Å². The van der Waals surface area contributed by atoms with Crippen LogP contribution in [0.5, 0.6) is 11.5 Å². The summed E-state index contributed by atoms with van der Waals surface area (Å²) in [5.41, 5.74) is 0.770. The van der Waals surface area contributed by atoms with Crippen molar-refractivity contribution >= 4 is 5.91 Å². The summed E-state index contributed by atoms with van der Waals surface area (Å²) in [6.07, 6.45) is 2.76. The number of rotatable bonds is 9. The molecule has 0 radical (unpaired) electrons. The van der Waals surface area contributed by atoms with Gasteiger partial charge in [-0.15, -0.1) is 0 Å². The smallest absolute Gasteiger partial charge is 0.227 e. The number of nitrogens with zero attached hydrogens (tertiary/aromatic N) is 3. The van der Waals surface area contributed by atoms with Crippen molar-refractivity contribution in [2.75, 3.05) is 26.8 Å². The first-order valence-electron chi connectivity index (χ1n) is 10.6. The zero-order valence-electron chi connectivity index (χ0n) is 17.7. The number of ether oxygens (including phenoxy) is 2. The summed E-state index contributed by atoms with van der Waals surface area (Å²) in [4.78, 5) is 19.0. The first-order chi connectivity index (χ1) is 15.2. The van der Waals surface area contributed by atoms with E-state index in [9.17, 15) is 4.79 Å². The maximum absolute atomic E-state index is 12.6. The third-order valence-electron chi connectivity index (χ3n) is 5.55. The quantitative estimate of drug-likeness (QED) is 0.520. The summed E-state index contributed by atoms with van der Waals surface area (Å²) in [5.74, 6) is 3.11. The Bertz CT molecular complexity index is 989. The molecule has 2 aromatic carbocycles. The van der Waals surface area contributed by atoms with E-state index in [2.05, 4.69) is 10.1 Å². The van der Waals surface area contributed by atoms with Crippen molar-refractivity contribution in [3.63, 3.8) is 0 Å². The summed E-state index contributed by atoms with van der Waals surface area (Å²) in [5, 5.41) is 4.04. The highest BCUT2D eigenvalue weighted by molar-refractivity contribution is 5.76. The third-order valence-corrected chi connectivity index (χ3v) is 5.55. The molecular weight excluding hydrogens is 394 g/mol. The SMILES string of the molecule is COc1ccccc1-c1noc(CCC(=O)N2CCC(CCOc3ccccc3)C2)n1. The van der Waals surface area contributed by atoms with Crippen molar-refractivity contribution in [1.29, 1.82) is 0 Å². The predicted molar refractivity (Wildman–Crippen MR) is 116 cm³/mol. The van der Waals surface area contributed by atoms with Gasteiger partial charge in [-0.1, -0.05) is 35.5 Å². The Morgan fingerprint density at radius 1 is 1.16 bits per heavy atom. The molecular formula is C24H27N3O4. The maximum Gasteiger partial charge on any atom is 0.227 e. The lowest BCUT2D eigenvalue weighted by Crippen LogP contribution is -2.29. The molecule has 1 aromatic heterocycles. The lowest BCUT2D eigenvalue weighted by molar-refractivity contribution is -0.130. The lowest BCUT2D eigenvalue weighted by Gasteiger charge is -2.16. The molecule has 3 aromatic rings. The molecule has 2 heterocycles. The molecule has 1 aliphatic heterocycles. The van der Waals surface area contributed by atoms with Gasteiger partial charge in [0.15, 0.2) is 0 Å². The number of carbonyl (C=O) groups excluding carboxylic acids is 1. The van der Waals surface area contributed by atoms with Crippen molar-refractivity contribution in [1.82, 2.24) is 15.0 Å². The van der Waals surface area contributed by atoms with Crippen LogP contribution in [0.4, 0.5) is 0 Å². The minimum Gasteiger partial charge on any atom is -0.496 e. The molecule has 0 saturated carbocycles. The minimum absolute atomic E-state index is 0.128. The molecule has 1 aliphatic rings. The van der Waals surface area contributed by atoms with Crippen LogP contribution < -0.4 is 9.47 Å². The number of amides is 1. The molecule has 7 heteroatoms. The first kappa shape index (κ1) is 20.9. The molecule has 1 saturated heterocycles. The number of hydrogen-bond donors (Lipinski definition) is 0. The van der Waals surface area contributed by atoms with E-state index in [1.54, 1.807) is 7.11 Å². The number of aryl methyl sites for hydroxylation is 1. The molecule has 0 N–H and O–H groups in total. The van der Waals surface area contributed by atoms with Gasteiger partial charge in [-0.3, -0.25) is 4.79 Å². The van der Waals surface area contributed by atoms with E-state index in [0.29, 0.717) is 42.8 Å². The van der Waals surface area contributed by atoms with E-state index in [1.165, 1.54) is 0 Å². The second kappa shape index (κ2) is 10.1. The van der Waals surface area contributed by atoms with Gasteiger partial charge in [-0.2, -0.15) is 4.98 Å². The van der Waals surface area contributed by atoms with Crippen LogP contribution in [0.1, 0.15) is 25.2 Å². The fourth-order valence-corrected chi connectivity index (χ4v) is 3.82. The average Bonchev–Trinajstić information content (AvgIpc) is 3.48. The van der Waals surface area contributed by atoms with Crippen molar-refractivity contribution < 1.29 is 18.8 Å². The summed E-state index contributed by atoms with van der Waals surface area (Å²) >= 11 is 0. The molecule has 162 valence electrons. The molecule has 0 aliphatic carbocycles. The van der Waals surface area contributed by atoms with E-state index in [1.807, 2.05) is 59.5 Å². The standard InChI is InChI=1S/C24H27N3O4/c1-29-21-10-6-5-9-20(21)24-25-22(31-26-24)11-12-23(28)27-15-13-18(17-27)14-16-30-19-7-3-2-4-8-19/h2-10,18H,11-17H2,1H3. The van der Waals surface area contributed by atoms with Crippen LogP contribution in [-0.4, -0.2) is 47.8 Å². The fraction of sp³-hybridized carbons (Fsp3) is 0.375. The zero-order chi connectivity index (χ0) is 21.5. The van der Waals surface area contributed by atoms with E-state index >= 15 is 0 Å². The molecule has 7 nitrogen and oxygen atoms in total. The molecule has 1 unspecified atom stereocenters. The van der Waals surface area contributed by atoms with Crippen LogP contribution in [-0.2, 0) is 11.2 Å². The molecule has 1 atom stereocenters.